The molecule has 2 aromatic carbocycles. The van der Waals surface area contributed by atoms with E-state index in [9.17, 15) is 8.42 Å². The van der Waals surface area contributed by atoms with Crippen LogP contribution in [0.1, 0.15) is 5.56 Å². The van der Waals surface area contributed by atoms with Crippen molar-refractivity contribution in [1.29, 1.82) is 0 Å². The van der Waals surface area contributed by atoms with Crippen molar-refractivity contribution < 1.29 is 8.42 Å². The summed E-state index contributed by atoms with van der Waals surface area (Å²) in [6, 6.07) is 11.4. The number of nitrogens with zero attached hydrogens (tertiary/aromatic N) is 1. The van der Waals surface area contributed by atoms with E-state index in [1.165, 1.54) is 22.5 Å². The molecule has 0 spiro atoms. The molecule has 0 amide bonds. The largest absolute Gasteiger partial charge is 0.326 e. The zero-order chi connectivity index (χ0) is 15.9. The Morgan fingerprint density at radius 1 is 1.14 bits per heavy atom. The first-order valence-electron chi connectivity index (χ1n) is 6.71. The Bertz CT molecular complexity index is 824. The molecule has 22 heavy (non-hydrogen) atoms. The van der Waals surface area contributed by atoms with Crippen LogP contribution in [0.15, 0.2) is 47.4 Å². The lowest BCUT2D eigenvalue weighted by molar-refractivity contribution is 0.575. The SMILES string of the molecule is NC1Cc2ccccc2N(S(=O)(=O)c2ccc(Cl)cc2Cl)C1. The van der Waals surface area contributed by atoms with Gasteiger partial charge in [-0.3, -0.25) is 4.31 Å². The molecule has 1 atom stereocenters. The van der Waals surface area contributed by atoms with Crippen LogP contribution in [0.4, 0.5) is 5.69 Å². The average Bonchev–Trinajstić information content (AvgIpc) is 2.45. The molecule has 0 saturated heterocycles. The number of hydrogen-bond acceptors (Lipinski definition) is 3. The highest BCUT2D eigenvalue weighted by Gasteiger charge is 2.33. The minimum atomic E-state index is -3.79. The molecule has 1 heterocycles. The highest BCUT2D eigenvalue weighted by atomic mass is 35.5. The van der Waals surface area contributed by atoms with E-state index in [-0.39, 0.29) is 22.5 Å². The summed E-state index contributed by atoms with van der Waals surface area (Å²) in [5, 5.41) is 0.490. The lowest BCUT2D eigenvalue weighted by Gasteiger charge is -2.33. The van der Waals surface area contributed by atoms with Crippen LogP contribution in [0, 0.1) is 0 Å². The number of rotatable bonds is 2. The van der Waals surface area contributed by atoms with Gasteiger partial charge < -0.3 is 5.73 Å². The Labute approximate surface area is 139 Å². The van der Waals surface area contributed by atoms with Gasteiger partial charge >= 0.3 is 0 Å². The van der Waals surface area contributed by atoms with Gasteiger partial charge in [0.1, 0.15) is 4.90 Å². The molecule has 2 N–H and O–H groups in total. The fraction of sp³-hybridized carbons (Fsp3) is 0.200. The number of fused-ring (bicyclic) bond motifs is 1. The van der Waals surface area contributed by atoms with Crippen LogP contribution in [0.5, 0.6) is 0 Å². The van der Waals surface area contributed by atoms with Crippen molar-refractivity contribution in [2.75, 3.05) is 10.8 Å². The van der Waals surface area contributed by atoms with Crippen molar-refractivity contribution >= 4 is 38.9 Å². The van der Waals surface area contributed by atoms with Crippen LogP contribution in [0.3, 0.4) is 0 Å². The summed E-state index contributed by atoms with van der Waals surface area (Å²) in [6.07, 6.45) is 0.649. The molecule has 1 aliphatic rings. The highest BCUT2D eigenvalue weighted by molar-refractivity contribution is 7.93. The third-order valence-corrected chi connectivity index (χ3v) is 6.10. The van der Waals surface area contributed by atoms with Crippen LogP contribution in [0.2, 0.25) is 10.0 Å². The van der Waals surface area contributed by atoms with Gasteiger partial charge in [-0.15, -0.1) is 0 Å². The van der Waals surface area contributed by atoms with Crippen LogP contribution < -0.4 is 10.0 Å². The van der Waals surface area contributed by atoms with Crippen molar-refractivity contribution in [2.45, 2.75) is 17.4 Å². The molecule has 116 valence electrons. The van der Waals surface area contributed by atoms with Crippen molar-refractivity contribution in [3.05, 3.63) is 58.1 Å². The molecular weight excluding hydrogens is 343 g/mol. The van der Waals surface area contributed by atoms with E-state index >= 15 is 0 Å². The summed E-state index contributed by atoms with van der Waals surface area (Å²) in [6.45, 7) is 0.221. The molecule has 0 radical (unpaired) electrons. The Morgan fingerprint density at radius 3 is 2.59 bits per heavy atom. The number of halogens is 2. The van der Waals surface area contributed by atoms with Crippen LogP contribution >= 0.6 is 23.2 Å². The minimum Gasteiger partial charge on any atom is -0.326 e. The lowest BCUT2D eigenvalue weighted by Crippen LogP contribution is -2.46. The van der Waals surface area contributed by atoms with Crippen molar-refractivity contribution in [1.82, 2.24) is 0 Å². The first kappa shape index (κ1) is 15.6. The van der Waals surface area contributed by atoms with E-state index < -0.39 is 10.0 Å². The molecule has 0 bridgehead atoms. The molecule has 4 nitrogen and oxygen atoms in total. The smallest absolute Gasteiger partial charge is 0.265 e. The van der Waals surface area contributed by atoms with E-state index in [4.69, 9.17) is 28.9 Å². The van der Waals surface area contributed by atoms with Gasteiger partial charge in [0, 0.05) is 17.6 Å². The summed E-state index contributed by atoms with van der Waals surface area (Å²) in [7, 11) is -3.79. The predicted molar refractivity (Wildman–Crippen MR) is 89.1 cm³/mol. The Morgan fingerprint density at radius 2 is 1.86 bits per heavy atom. The molecule has 0 saturated carbocycles. The molecule has 1 aliphatic heterocycles. The van der Waals surface area contributed by atoms with Crippen molar-refractivity contribution in [3.8, 4) is 0 Å². The summed E-state index contributed by atoms with van der Waals surface area (Å²) in [5.41, 5.74) is 7.58. The maximum atomic E-state index is 13.0. The number of sulfonamides is 1. The summed E-state index contributed by atoms with van der Waals surface area (Å²) in [4.78, 5) is 0.0301. The van der Waals surface area contributed by atoms with E-state index in [0.717, 1.165) is 5.56 Å². The molecule has 0 aliphatic carbocycles. The van der Waals surface area contributed by atoms with Gasteiger partial charge in [0.15, 0.2) is 0 Å². The monoisotopic (exact) mass is 356 g/mol. The maximum absolute atomic E-state index is 13.0. The molecule has 0 fully saturated rings. The van der Waals surface area contributed by atoms with E-state index in [0.29, 0.717) is 17.1 Å². The quantitative estimate of drug-likeness (QED) is 0.899. The second kappa shape index (κ2) is 5.74. The Kier molecular flexibility index (Phi) is 4.07. The fourth-order valence-corrected chi connectivity index (χ4v) is 4.92. The van der Waals surface area contributed by atoms with Gasteiger partial charge in [-0.1, -0.05) is 41.4 Å². The summed E-state index contributed by atoms with van der Waals surface area (Å²) >= 11 is 11.9. The van der Waals surface area contributed by atoms with E-state index in [2.05, 4.69) is 0 Å². The summed E-state index contributed by atoms with van der Waals surface area (Å²) < 4.78 is 27.3. The van der Waals surface area contributed by atoms with Gasteiger partial charge in [0.2, 0.25) is 0 Å². The number of anilines is 1. The zero-order valence-corrected chi connectivity index (χ0v) is 13.9. The second-order valence-electron chi connectivity index (χ2n) is 5.20. The molecular formula is C15H14Cl2N2O2S. The molecule has 2 aromatic rings. The van der Waals surface area contributed by atoms with Crippen molar-refractivity contribution in [3.63, 3.8) is 0 Å². The number of hydrogen-bond donors (Lipinski definition) is 1. The molecule has 7 heteroatoms. The highest BCUT2D eigenvalue weighted by Crippen LogP contribution is 2.34. The average molecular weight is 357 g/mol. The Hall–Kier alpha value is -1.27. The first-order chi connectivity index (χ1) is 10.4. The third kappa shape index (κ3) is 2.70. The number of nitrogens with two attached hydrogens (primary N) is 1. The Balaban J connectivity index is 2.13. The van der Waals surface area contributed by atoms with Gasteiger partial charge in [0.25, 0.3) is 10.0 Å². The molecule has 3 rings (SSSR count). The van der Waals surface area contributed by atoms with Gasteiger partial charge in [-0.2, -0.15) is 0 Å². The molecule has 1 unspecified atom stereocenters. The number of para-hydroxylation sites is 1. The van der Waals surface area contributed by atoms with Gasteiger partial charge in [-0.05, 0) is 36.2 Å². The van der Waals surface area contributed by atoms with E-state index in [1.54, 1.807) is 6.07 Å². The number of benzene rings is 2. The van der Waals surface area contributed by atoms with Crippen LogP contribution in [-0.4, -0.2) is 21.0 Å². The normalized spacial score (nSPS) is 18.1. The van der Waals surface area contributed by atoms with Crippen LogP contribution in [0.25, 0.3) is 0 Å². The predicted octanol–water partition coefficient (Wildman–Crippen LogP) is 3.07. The van der Waals surface area contributed by atoms with Crippen LogP contribution in [-0.2, 0) is 16.4 Å². The minimum absolute atomic E-state index is 0.0301. The topological polar surface area (TPSA) is 63.4 Å². The van der Waals surface area contributed by atoms with Gasteiger partial charge in [-0.25, -0.2) is 8.42 Å². The summed E-state index contributed by atoms with van der Waals surface area (Å²) in [5.74, 6) is 0. The second-order valence-corrected chi connectivity index (χ2v) is 7.88. The third-order valence-electron chi connectivity index (χ3n) is 3.60. The first-order valence-corrected chi connectivity index (χ1v) is 8.90. The lowest BCUT2D eigenvalue weighted by atomic mass is 10.0. The standard InChI is InChI=1S/C15H14Cl2N2O2S/c16-11-5-6-15(13(17)8-11)22(20,21)19-9-12(18)7-10-3-1-2-4-14(10)19/h1-6,8,12H,7,9,18H2. The fourth-order valence-electron chi connectivity index (χ4n) is 2.62. The van der Waals surface area contributed by atoms with E-state index in [1.807, 2.05) is 18.2 Å². The van der Waals surface area contributed by atoms with Gasteiger partial charge in [0.05, 0.1) is 10.7 Å². The zero-order valence-electron chi connectivity index (χ0n) is 11.5. The maximum Gasteiger partial charge on any atom is 0.265 e. The van der Waals surface area contributed by atoms with Crippen molar-refractivity contribution in [2.24, 2.45) is 5.73 Å². The molecule has 0 aromatic heterocycles.